The Morgan fingerprint density at radius 2 is 1.57 bits per heavy atom. The topological polar surface area (TPSA) is 126 Å². The summed E-state index contributed by atoms with van der Waals surface area (Å²) in [5, 5.41) is 8.16. The van der Waals surface area contributed by atoms with Gasteiger partial charge in [0.1, 0.15) is 5.75 Å². The zero-order valence-electron chi connectivity index (χ0n) is 7.08. The van der Waals surface area contributed by atoms with Crippen molar-refractivity contribution in [3.05, 3.63) is 0 Å². The standard InChI is InChI=1S/C5H10O7S2/c6-5(7)4-13(8,9)2-1-3-14(10,11)12/h1-4H2,(H,6,7)(H,10,11,12). The quantitative estimate of drug-likeness (QED) is 0.561. The first-order valence-electron chi connectivity index (χ1n) is 3.50. The molecule has 2 N–H and O–H groups in total. The van der Waals surface area contributed by atoms with Crippen LogP contribution >= 0.6 is 0 Å². The predicted octanol–water partition coefficient (Wildman–Crippen LogP) is -1.24. The van der Waals surface area contributed by atoms with Gasteiger partial charge in [0.15, 0.2) is 9.84 Å². The van der Waals surface area contributed by atoms with Crippen LogP contribution in [0.5, 0.6) is 0 Å². The molecule has 0 amide bonds. The monoisotopic (exact) mass is 246 g/mol. The van der Waals surface area contributed by atoms with E-state index in [1.54, 1.807) is 0 Å². The van der Waals surface area contributed by atoms with Crippen molar-refractivity contribution in [2.75, 3.05) is 17.3 Å². The van der Waals surface area contributed by atoms with Crippen molar-refractivity contribution in [3.8, 4) is 0 Å². The molecule has 0 aromatic rings. The van der Waals surface area contributed by atoms with Gasteiger partial charge in [0.05, 0.1) is 11.5 Å². The second-order valence-corrected chi connectivity index (χ2v) is 6.38. The van der Waals surface area contributed by atoms with Crippen molar-refractivity contribution in [2.45, 2.75) is 6.42 Å². The molecule has 0 heterocycles. The Balaban J connectivity index is 4.08. The number of hydrogen-bond acceptors (Lipinski definition) is 5. The lowest BCUT2D eigenvalue weighted by atomic mass is 10.6. The molecule has 0 aliphatic rings. The normalized spacial score (nSPS) is 12.6. The van der Waals surface area contributed by atoms with Crippen LogP contribution in [0.3, 0.4) is 0 Å². The Bertz CT molecular complexity index is 390. The summed E-state index contributed by atoms with van der Waals surface area (Å²) in [5.41, 5.74) is 0. The van der Waals surface area contributed by atoms with Crippen LogP contribution in [0, 0.1) is 0 Å². The molecule has 0 saturated heterocycles. The summed E-state index contributed by atoms with van der Waals surface area (Å²) in [6, 6.07) is 0. The maximum atomic E-state index is 10.9. The highest BCUT2D eigenvalue weighted by molar-refractivity contribution is 7.92. The fourth-order valence-electron chi connectivity index (χ4n) is 0.722. The number of hydrogen-bond donors (Lipinski definition) is 2. The van der Waals surface area contributed by atoms with Gasteiger partial charge >= 0.3 is 5.97 Å². The number of carboxylic acids is 1. The average Bonchev–Trinajstić information content (AvgIpc) is 1.78. The van der Waals surface area contributed by atoms with Crippen LogP contribution in [0.25, 0.3) is 0 Å². The van der Waals surface area contributed by atoms with Crippen molar-refractivity contribution in [1.82, 2.24) is 0 Å². The summed E-state index contributed by atoms with van der Waals surface area (Å²) in [6.07, 6.45) is -0.311. The van der Waals surface area contributed by atoms with E-state index in [4.69, 9.17) is 9.66 Å². The van der Waals surface area contributed by atoms with Gasteiger partial charge in [0, 0.05) is 0 Å². The van der Waals surface area contributed by atoms with Crippen molar-refractivity contribution >= 4 is 25.9 Å². The molecule has 0 bridgehead atoms. The van der Waals surface area contributed by atoms with Crippen molar-refractivity contribution in [2.24, 2.45) is 0 Å². The van der Waals surface area contributed by atoms with Gasteiger partial charge in [0.25, 0.3) is 10.1 Å². The second kappa shape index (κ2) is 4.71. The average molecular weight is 246 g/mol. The lowest BCUT2D eigenvalue weighted by Crippen LogP contribution is -2.20. The third-order valence-corrected chi connectivity index (χ3v) is 3.60. The minimum absolute atomic E-state index is 0.311. The first-order chi connectivity index (χ1) is 6.12. The van der Waals surface area contributed by atoms with Crippen molar-refractivity contribution in [1.29, 1.82) is 0 Å². The Hall–Kier alpha value is -0.670. The van der Waals surface area contributed by atoms with Crippen LogP contribution in [-0.2, 0) is 24.7 Å². The highest BCUT2D eigenvalue weighted by Gasteiger charge is 2.16. The molecule has 0 aromatic heterocycles. The highest BCUT2D eigenvalue weighted by atomic mass is 32.2. The van der Waals surface area contributed by atoms with Crippen LogP contribution in [0.2, 0.25) is 0 Å². The van der Waals surface area contributed by atoms with Crippen LogP contribution in [0.4, 0.5) is 0 Å². The van der Waals surface area contributed by atoms with E-state index in [9.17, 15) is 21.6 Å². The molecule has 0 unspecified atom stereocenters. The molecule has 0 aromatic carbocycles. The molecule has 0 aliphatic carbocycles. The molecule has 0 spiro atoms. The van der Waals surface area contributed by atoms with Gasteiger partial charge in [-0.1, -0.05) is 0 Å². The smallest absolute Gasteiger partial charge is 0.318 e. The van der Waals surface area contributed by atoms with Crippen molar-refractivity contribution < 1.29 is 31.3 Å². The summed E-state index contributed by atoms with van der Waals surface area (Å²) >= 11 is 0. The molecule has 84 valence electrons. The number of carboxylic acid groups (broad SMARTS) is 1. The van der Waals surface area contributed by atoms with E-state index in [2.05, 4.69) is 0 Å². The largest absolute Gasteiger partial charge is 0.480 e. The van der Waals surface area contributed by atoms with E-state index >= 15 is 0 Å². The Kier molecular flexibility index (Phi) is 4.49. The molecule has 9 heteroatoms. The van der Waals surface area contributed by atoms with Gasteiger partial charge in [-0.15, -0.1) is 0 Å². The zero-order valence-corrected chi connectivity index (χ0v) is 8.71. The summed E-state index contributed by atoms with van der Waals surface area (Å²) in [7, 11) is -7.97. The van der Waals surface area contributed by atoms with Crippen LogP contribution in [0.1, 0.15) is 6.42 Å². The van der Waals surface area contributed by atoms with Gasteiger partial charge in [-0.25, -0.2) is 8.42 Å². The van der Waals surface area contributed by atoms with Gasteiger partial charge in [-0.05, 0) is 6.42 Å². The number of aliphatic carboxylic acids is 1. The summed E-state index contributed by atoms with van der Waals surface area (Å²) in [6.45, 7) is 0. The highest BCUT2D eigenvalue weighted by Crippen LogP contribution is 1.96. The third-order valence-electron chi connectivity index (χ3n) is 1.20. The van der Waals surface area contributed by atoms with E-state index < -0.39 is 43.2 Å². The molecule has 0 atom stereocenters. The van der Waals surface area contributed by atoms with E-state index in [1.165, 1.54) is 0 Å². The number of rotatable bonds is 6. The summed E-state index contributed by atoms with van der Waals surface area (Å²) in [4.78, 5) is 10.0. The SMILES string of the molecule is O=C(O)CS(=O)(=O)CCCS(=O)(=O)O. The fraction of sp³-hybridized carbons (Fsp3) is 0.800. The van der Waals surface area contributed by atoms with Crippen LogP contribution < -0.4 is 0 Å². The van der Waals surface area contributed by atoms with Crippen LogP contribution in [0.15, 0.2) is 0 Å². The molecule has 0 fully saturated rings. The Morgan fingerprint density at radius 1 is 1.07 bits per heavy atom. The van der Waals surface area contributed by atoms with Crippen molar-refractivity contribution in [3.63, 3.8) is 0 Å². The van der Waals surface area contributed by atoms with Gasteiger partial charge < -0.3 is 5.11 Å². The second-order valence-electron chi connectivity index (χ2n) is 2.63. The molecular formula is C5H10O7S2. The Morgan fingerprint density at radius 3 is 1.93 bits per heavy atom. The molecule has 14 heavy (non-hydrogen) atoms. The van der Waals surface area contributed by atoms with E-state index in [-0.39, 0.29) is 6.42 Å². The number of carbonyl (C=O) groups is 1. The first kappa shape index (κ1) is 13.3. The predicted molar refractivity (Wildman–Crippen MR) is 47.3 cm³/mol. The zero-order chi connectivity index (χ0) is 11.4. The van der Waals surface area contributed by atoms with Gasteiger partial charge in [0.2, 0.25) is 0 Å². The summed E-state index contributed by atoms with van der Waals surface area (Å²) < 4.78 is 50.4. The molecule has 0 radical (unpaired) electrons. The molecular weight excluding hydrogens is 236 g/mol. The molecule has 7 nitrogen and oxygen atoms in total. The lowest BCUT2D eigenvalue weighted by Gasteiger charge is -1.99. The van der Waals surface area contributed by atoms with Crippen LogP contribution in [-0.4, -0.2) is 49.7 Å². The maximum Gasteiger partial charge on any atom is 0.318 e. The fourth-order valence-corrected chi connectivity index (χ4v) is 2.52. The molecule has 0 rings (SSSR count). The molecule has 0 saturated carbocycles. The maximum absolute atomic E-state index is 10.9. The van der Waals surface area contributed by atoms with E-state index in [0.717, 1.165) is 0 Å². The lowest BCUT2D eigenvalue weighted by molar-refractivity contribution is -0.134. The minimum atomic E-state index is -4.19. The van der Waals surface area contributed by atoms with Gasteiger partial charge in [-0.2, -0.15) is 8.42 Å². The van der Waals surface area contributed by atoms with Gasteiger partial charge in [-0.3, -0.25) is 9.35 Å². The third kappa shape index (κ3) is 7.95. The van der Waals surface area contributed by atoms with E-state index in [0.29, 0.717) is 0 Å². The Labute approximate surface area is 81.4 Å². The number of sulfone groups is 1. The molecule has 0 aliphatic heterocycles. The van der Waals surface area contributed by atoms with E-state index in [1.807, 2.05) is 0 Å². The minimum Gasteiger partial charge on any atom is -0.480 e. The summed E-state index contributed by atoms with van der Waals surface area (Å²) in [5.74, 6) is -3.78. The first-order valence-corrected chi connectivity index (χ1v) is 6.93.